The number of rotatable bonds is 5. The van der Waals surface area contributed by atoms with E-state index in [-0.39, 0.29) is 47.5 Å². The average molecular weight is 565 g/mol. The van der Waals surface area contributed by atoms with Crippen LogP contribution in [0.5, 0.6) is 0 Å². The van der Waals surface area contributed by atoms with Gasteiger partial charge < -0.3 is 24.8 Å². The van der Waals surface area contributed by atoms with Crippen LogP contribution in [0.3, 0.4) is 0 Å². The number of hydrogen-bond acceptors (Lipinski definition) is 8. The molecular weight excluding hydrogens is 524 g/mol. The number of benzene rings is 1. The van der Waals surface area contributed by atoms with Crippen LogP contribution in [0, 0.1) is 18.8 Å². The molecule has 220 valence electrons. The molecule has 3 heterocycles. The highest BCUT2D eigenvalue weighted by Crippen LogP contribution is 2.23. The second kappa shape index (κ2) is 13.1. The first kappa shape index (κ1) is 30.0. The SMILES string of the molecule is Cc1oc2nc1C(=O)N[C@@H](c1ccccc1)CN(CC(C)C)CC(=O)N[C@H](CC(C)C)c1nc(co1)C(=O)N[C@H]2C. The van der Waals surface area contributed by atoms with Crippen LogP contribution in [0.4, 0.5) is 0 Å². The van der Waals surface area contributed by atoms with E-state index in [4.69, 9.17) is 8.83 Å². The monoisotopic (exact) mass is 564 g/mol. The maximum atomic E-state index is 13.5. The van der Waals surface area contributed by atoms with E-state index in [1.165, 1.54) is 6.26 Å². The number of aromatic nitrogens is 2. The zero-order valence-electron chi connectivity index (χ0n) is 24.6. The number of nitrogens with one attached hydrogen (secondary N) is 3. The first-order chi connectivity index (χ1) is 19.5. The maximum absolute atomic E-state index is 13.5. The summed E-state index contributed by atoms with van der Waals surface area (Å²) in [5.41, 5.74) is 1.11. The lowest BCUT2D eigenvalue weighted by Crippen LogP contribution is -2.45. The lowest BCUT2D eigenvalue weighted by molar-refractivity contribution is -0.123. The Balaban J connectivity index is 1.74. The van der Waals surface area contributed by atoms with Crippen molar-refractivity contribution in [3.05, 3.63) is 71.1 Å². The predicted molar refractivity (Wildman–Crippen MR) is 152 cm³/mol. The largest absolute Gasteiger partial charge is 0.446 e. The highest BCUT2D eigenvalue weighted by Gasteiger charge is 2.29. The topological polar surface area (TPSA) is 143 Å². The predicted octanol–water partition coefficient (Wildman–Crippen LogP) is 4.11. The Morgan fingerprint density at radius 2 is 1.68 bits per heavy atom. The van der Waals surface area contributed by atoms with E-state index in [0.29, 0.717) is 25.3 Å². The van der Waals surface area contributed by atoms with Gasteiger partial charge in [-0.2, -0.15) is 0 Å². The molecule has 1 aliphatic rings. The van der Waals surface area contributed by atoms with E-state index < -0.39 is 29.9 Å². The van der Waals surface area contributed by atoms with Gasteiger partial charge in [-0.3, -0.25) is 19.3 Å². The van der Waals surface area contributed by atoms with Gasteiger partial charge in [0.15, 0.2) is 11.4 Å². The fraction of sp³-hybridized carbons (Fsp3) is 0.500. The third-order valence-corrected chi connectivity index (χ3v) is 6.78. The Labute approximate surface area is 240 Å². The molecule has 0 unspecified atom stereocenters. The summed E-state index contributed by atoms with van der Waals surface area (Å²) in [6.07, 6.45) is 1.86. The summed E-state index contributed by atoms with van der Waals surface area (Å²) < 4.78 is 11.5. The van der Waals surface area contributed by atoms with E-state index in [2.05, 4.69) is 39.8 Å². The van der Waals surface area contributed by atoms with Gasteiger partial charge in [0.1, 0.15) is 24.1 Å². The van der Waals surface area contributed by atoms with Gasteiger partial charge in [-0.15, -0.1) is 0 Å². The number of nitrogens with zero attached hydrogens (tertiary/aromatic N) is 3. The molecular formula is C30H40N6O5. The molecule has 3 amide bonds. The molecule has 2 aromatic heterocycles. The zero-order valence-corrected chi connectivity index (χ0v) is 24.6. The number of hydrogen-bond donors (Lipinski definition) is 3. The Kier molecular flexibility index (Phi) is 9.59. The van der Waals surface area contributed by atoms with Crippen molar-refractivity contribution in [3.63, 3.8) is 0 Å². The van der Waals surface area contributed by atoms with Crippen LogP contribution in [-0.4, -0.2) is 52.2 Å². The number of carbonyl (C=O) groups is 3. The van der Waals surface area contributed by atoms with Crippen LogP contribution >= 0.6 is 0 Å². The molecule has 0 aliphatic carbocycles. The number of fused-ring (bicyclic) bond motifs is 4. The number of aryl methyl sites for hydroxylation is 1. The van der Waals surface area contributed by atoms with Crippen molar-refractivity contribution in [2.75, 3.05) is 19.6 Å². The molecule has 0 saturated heterocycles. The van der Waals surface area contributed by atoms with Crippen LogP contribution in [0.25, 0.3) is 0 Å². The van der Waals surface area contributed by atoms with E-state index in [0.717, 1.165) is 5.56 Å². The molecule has 0 saturated carbocycles. The Bertz CT molecular complexity index is 1350. The molecule has 11 nitrogen and oxygen atoms in total. The molecule has 4 rings (SSSR count). The van der Waals surface area contributed by atoms with Crippen molar-refractivity contribution in [3.8, 4) is 0 Å². The van der Waals surface area contributed by atoms with Gasteiger partial charge in [0.25, 0.3) is 11.8 Å². The molecule has 11 heteroatoms. The summed E-state index contributed by atoms with van der Waals surface area (Å²) in [5.74, 6) is 0.212. The average Bonchev–Trinajstić information content (AvgIpc) is 3.55. The third-order valence-electron chi connectivity index (χ3n) is 6.78. The molecule has 0 radical (unpaired) electrons. The summed E-state index contributed by atoms with van der Waals surface area (Å²) in [5, 5.41) is 8.96. The molecule has 3 N–H and O–H groups in total. The molecule has 1 aromatic carbocycles. The van der Waals surface area contributed by atoms with Gasteiger partial charge >= 0.3 is 0 Å². The van der Waals surface area contributed by atoms with Crippen molar-refractivity contribution in [2.24, 2.45) is 11.8 Å². The van der Waals surface area contributed by atoms with Crippen LogP contribution in [0.1, 0.15) is 103 Å². The summed E-state index contributed by atoms with van der Waals surface area (Å²) in [6, 6.07) is 8.06. The van der Waals surface area contributed by atoms with Gasteiger partial charge in [-0.25, -0.2) is 9.97 Å². The maximum Gasteiger partial charge on any atom is 0.274 e. The first-order valence-electron chi connectivity index (χ1n) is 14.1. The van der Waals surface area contributed by atoms with E-state index in [1.807, 2.05) is 49.1 Å². The zero-order chi connectivity index (χ0) is 29.7. The molecule has 3 aromatic rings. The molecule has 3 atom stereocenters. The second-order valence-corrected chi connectivity index (χ2v) is 11.5. The first-order valence-corrected chi connectivity index (χ1v) is 14.1. The van der Waals surface area contributed by atoms with Crippen LogP contribution < -0.4 is 16.0 Å². The fourth-order valence-electron chi connectivity index (χ4n) is 4.96. The minimum absolute atomic E-state index is 0.0735. The normalized spacial score (nSPS) is 21.3. The van der Waals surface area contributed by atoms with E-state index in [1.54, 1.807) is 13.8 Å². The number of carbonyl (C=O) groups excluding carboxylic acids is 3. The molecule has 41 heavy (non-hydrogen) atoms. The highest BCUT2D eigenvalue weighted by atomic mass is 16.4. The lowest BCUT2D eigenvalue weighted by Gasteiger charge is -2.30. The number of amides is 3. The van der Waals surface area contributed by atoms with Crippen molar-refractivity contribution < 1.29 is 23.2 Å². The minimum Gasteiger partial charge on any atom is -0.446 e. The summed E-state index contributed by atoms with van der Waals surface area (Å²) >= 11 is 0. The van der Waals surface area contributed by atoms with Gasteiger partial charge in [0, 0.05) is 13.1 Å². The quantitative estimate of drug-likeness (QED) is 0.420. The van der Waals surface area contributed by atoms with Crippen LogP contribution in [0.15, 0.2) is 45.4 Å². The fourth-order valence-corrected chi connectivity index (χ4v) is 4.96. The van der Waals surface area contributed by atoms with E-state index in [9.17, 15) is 14.4 Å². The standard InChI is InChI=1S/C30H40N6O5/c1-17(2)12-22-30-34-24(16-40-30)27(38)31-19(5)29-35-26(20(6)41-29)28(39)33-23(21-10-8-7-9-11-21)14-36(13-18(3)4)15-25(37)32-22/h7-11,16-19,22-23H,12-15H2,1-6H3,(H,31,38)(H,32,37)(H,33,39)/t19-,22+,23+/m0/s1. The Morgan fingerprint density at radius 3 is 2.37 bits per heavy atom. The van der Waals surface area contributed by atoms with Crippen molar-refractivity contribution in [1.29, 1.82) is 0 Å². The molecule has 4 bridgehead atoms. The van der Waals surface area contributed by atoms with Crippen molar-refractivity contribution in [2.45, 2.75) is 66.1 Å². The third kappa shape index (κ3) is 7.81. The van der Waals surface area contributed by atoms with Gasteiger partial charge in [0.05, 0.1) is 12.6 Å². The Morgan fingerprint density at radius 1 is 0.951 bits per heavy atom. The summed E-state index contributed by atoms with van der Waals surface area (Å²) in [7, 11) is 0. The molecule has 0 spiro atoms. The summed E-state index contributed by atoms with van der Waals surface area (Å²) in [4.78, 5) is 50.7. The molecule has 0 fully saturated rings. The van der Waals surface area contributed by atoms with Gasteiger partial charge in [0.2, 0.25) is 17.7 Å². The lowest BCUT2D eigenvalue weighted by atomic mass is 10.0. The Hall–Kier alpha value is -3.99. The smallest absolute Gasteiger partial charge is 0.274 e. The minimum atomic E-state index is -0.639. The van der Waals surface area contributed by atoms with E-state index >= 15 is 0 Å². The highest BCUT2D eigenvalue weighted by molar-refractivity contribution is 5.94. The van der Waals surface area contributed by atoms with Gasteiger partial charge in [-0.1, -0.05) is 58.0 Å². The van der Waals surface area contributed by atoms with Gasteiger partial charge in [-0.05, 0) is 37.7 Å². The number of oxazole rings is 2. The van der Waals surface area contributed by atoms with Crippen LogP contribution in [0.2, 0.25) is 0 Å². The summed E-state index contributed by atoms with van der Waals surface area (Å²) in [6.45, 7) is 12.8. The second-order valence-electron chi connectivity index (χ2n) is 11.5. The molecule has 1 aliphatic heterocycles. The van der Waals surface area contributed by atoms with Crippen molar-refractivity contribution in [1.82, 2.24) is 30.8 Å². The van der Waals surface area contributed by atoms with Crippen molar-refractivity contribution >= 4 is 17.7 Å². The van der Waals surface area contributed by atoms with Crippen LogP contribution in [-0.2, 0) is 4.79 Å².